The molecule has 0 bridgehead atoms. The molecule has 1 aromatic heterocycles. The fourth-order valence-electron chi connectivity index (χ4n) is 1.32. The highest BCUT2D eigenvalue weighted by Gasteiger charge is 2.10. The van der Waals surface area contributed by atoms with Crippen LogP contribution < -0.4 is 10.2 Å². The number of anilines is 2. The minimum Gasteiger partial charge on any atom is -0.396 e. The Morgan fingerprint density at radius 3 is 2.59 bits per heavy atom. The van der Waals surface area contributed by atoms with Crippen molar-refractivity contribution in [2.75, 3.05) is 30.9 Å². The lowest BCUT2D eigenvalue weighted by atomic mass is 10.2. The molecular weight excluding hydrogens is 242 g/mol. The summed E-state index contributed by atoms with van der Waals surface area (Å²) in [6, 6.07) is 0.133. The highest BCUT2D eigenvalue weighted by molar-refractivity contribution is 6.28. The van der Waals surface area contributed by atoms with Crippen LogP contribution in [0, 0.1) is 0 Å². The third kappa shape index (κ3) is 4.32. The van der Waals surface area contributed by atoms with Gasteiger partial charge < -0.3 is 15.3 Å². The Hall–Kier alpha value is -1.14. The molecule has 0 fully saturated rings. The van der Waals surface area contributed by atoms with E-state index in [1.54, 1.807) is 4.90 Å². The third-order valence-corrected chi connectivity index (χ3v) is 2.47. The minimum absolute atomic E-state index is 0.130. The van der Waals surface area contributed by atoms with Gasteiger partial charge in [0, 0.05) is 26.7 Å². The van der Waals surface area contributed by atoms with Crippen LogP contribution in [-0.4, -0.2) is 46.8 Å². The number of nitrogens with one attached hydrogen (secondary N) is 1. The zero-order valence-corrected chi connectivity index (χ0v) is 11.1. The van der Waals surface area contributed by atoms with Crippen molar-refractivity contribution in [1.82, 2.24) is 15.0 Å². The largest absolute Gasteiger partial charge is 0.396 e. The van der Waals surface area contributed by atoms with Gasteiger partial charge in [0.05, 0.1) is 0 Å². The number of aliphatic hydroxyl groups excluding tert-OH is 1. The molecule has 1 atom stereocenters. The normalized spacial score (nSPS) is 12.3. The average molecular weight is 260 g/mol. The van der Waals surface area contributed by atoms with Gasteiger partial charge in [-0.25, -0.2) is 0 Å². The van der Waals surface area contributed by atoms with Crippen molar-refractivity contribution in [1.29, 1.82) is 0 Å². The first-order valence-corrected chi connectivity index (χ1v) is 5.91. The van der Waals surface area contributed by atoms with Crippen molar-refractivity contribution in [3.63, 3.8) is 0 Å². The molecule has 1 unspecified atom stereocenters. The maximum absolute atomic E-state index is 8.92. The summed E-state index contributed by atoms with van der Waals surface area (Å²) in [6.07, 6.45) is 1.53. The van der Waals surface area contributed by atoms with E-state index in [-0.39, 0.29) is 17.9 Å². The summed E-state index contributed by atoms with van der Waals surface area (Å²) in [5, 5.41) is 12.2. The lowest BCUT2D eigenvalue weighted by molar-refractivity contribution is 0.278. The zero-order valence-electron chi connectivity index (χ0n) is 10.3. The van der Waals surface area contributed by atoms with E-state index in [1.165, 1.54) is 0 Å². The van der Waals surface area contributed by atoms with E-state index >= 15 is 0 Å². The van der Waals surface area contributed by atoms with E-state index in [0.717, 1.165) is 6.42 Å². The Labute approximate surface area is 106 Å². The molecule has 7 heteroatoms. The number of aromatic nitrogens is 3. The summed E-state index contributed by atoms with van der Waals surface area (Å²) < 4.78 is 0. The van der Waals surface area contributed by atoms with Crippen LogP contribution in [-0.2, 0) is 0 Å². The second-order valence-electron chi connectivity index (χ2n) is 3.88. The number of aliphatic hydroxyl groups is 1. The van der Waals surface area contributed by atoms with Crippen molar-refractivity contribution in [2.45, 2.75) is 25.8 Å². The Morgan fingerprint density at radius 2 is 2.06 bits per heavy atom. The van der Waals surface area contributed by atoms with Gasteiger partial charge >= 0.3 is 0 Å². The van der Waals surface area contributed by atoms with Crippen molar-refractivity contribution < 1.29 is 5.11 Å². The first-order chi connectivity index (χ1) is 8.06. The molecule has 0 aliphatic rings. The highest BCUT2D eigenvalue weighted by Crippen LogP contribution is 2.13. The Bertz CT molecular complexity index is 361. The standard InChI is InChI=1S/C10H18ClN5O/c1-4-7(5-6-17)12-9-13-8(11)14-10(15-9)16(2)3/h7,17H,4-6H2,1-3H3,(H,12,13,14,15). The fraction of sp³-hybridized carbons (Fsp3) is 0.700. The summed E-state index contributed by atoms with van der Waals surface area (Å²) in [5.41, 5.74) is 0. The summed E-state index contributed by atoms with van der Waals surface area (Å²) in [4.78, 5) is 14.0. The second-order valence-corrected chi connectivity index (χ2v) is 4.22. The lowest BCUT2D eigenvalue weighted by Crippen LogP contribution is -2.23. The maximum atomic E-state index is 8.92. The second kappa shape index (κ2) is 6.56. The molecular formula is C10H18ClN5O. The Morgan fingerprint density at radius 1 is 1.35 bits per heavy atom. The summed E-state index contributed by atoms with van der Waals surface area (Å²) in [5.74, 6) is 0.945. The van der Waals surface area contributed by atoms with Crippen molar-refractivity contribution in [3.8, 4) is 0 Å². The quantitative estimate of drug-likeness (QED) is 0.799. The van der Waals surface area contributed by atoms with E-state index in [4.69, 9.17) is 16.7 Å². The molecule has 1 aromatic rings. The molecule has 0 radical (unpaired) electrons. The summed E-state index contributed by atoms with van der Waals surface area (Å²) in [7, 11) is 3.67. The van der Waals surface area contributed by atoms with Crippen molar-refractivity contribution in [2.24, 2.45) is 0 Å². The van der Waals surface area contributed by atoms with Gasteiger partial charge in [0.25, 0.3) is 0 Å². The van der Waals surface area contributed by atoms with Crippen LogP contribution in [0.1, 0.15) is 19.8 Å². The topological polar surface area (TPSA) is 74.2 Å². The number of halogens is 1. The van der Waals surface area contributed by atoms with Crippen LogP contribution in [0.5, 0.6) is 0 Å². The van der Waals surface area contributed by atoms with Gasteiger partial charge in [0.1, 0.15) is 0 Å². The molecule has 0 amide bonds. The summed E-state index contributed by atoms with van der Waals surface area (Å²) >= 11 is 5.82. The van der Waals surface area contributed by atoms with Crippen LogP contribution in [0.25, 0.3) is 0 Å². The molecule has 6 nitrogen and oxygen atoms in total. The number of rotatable bonds is 6. The average Bonchev–Trinajstić information content (AvgIpc) is 2.27. The first kappa shape index (κ1) is 13.9. The molecule has 0 saturated carbocycles. The number of hydrogen-bond donors (Lipinski definition) is 2. The molecule has 17 heavy (non-hydrogen) atoms. The number of nitrogens with zero attached hydrogens (tertiary/aromatic N) is 4. The number of hydrogen-bond acceptors (Lipinski definition) is 6. The van der Waals surface area contributed by atoms with Gasteiger partial charge in [-0.2, -0.15) is 15.0 Å². The molecule has 0 saturated heterocycles. The van der Waals surface area contributed by atoms with Crippen molar-refractivity contribution in [3.05, 3.63) is 5.28 Å². The van der Waals surface area contributed by atoms with E-state index < -0.39 is 0 Å². The molecule has 0 aliphatic carbocycles. The van der Waals surface area contributed by atoms with Gasteiger partial charge in [0.15, 0.2) is 0 Å². The molecule has 2 N–H and O–H groups in total. The zero-order chi connectivity index (χ0) is 12.8. The SMILES string of the molecule is CCC(CCO)Nc1nc(Cl)nc(N(C)C)n1. The van der Waals surface area contributed by atoms with E-state index in [2.05, 4.69) is 20.3 Å². The molecule has 0 spiro atoms. The molecule has 96 valence electrons. The van der Waals surface area contributed by atoms with Gasteiger partial charge in [0.2, 0.25) is 17.2 Å². The monoisotopic (exact) mass is 259 g/mol. The smallest absolute Gasteiger partial charge is 0.230 e. The lowest BCUT2D eigenvalue weighted by Gasteiger charge is -2.17. The van der Waals surface area contributed by atoms with Gasteiger partial charge in [-0.3, -0.25) is 0 Å². The predicted molar refractivity (Wildman–Crippen MR) is 68.6 cm³/mol. The first-order valence-electron chi connectivity index (χ1n) is 5.53. The van der Waals surface area contributed by atoms with Crippen LogP contribution in [0.3, 0.4) is 0 Å². The van der Waals surface area contributed by atoms with Crippen LogP contribution in [0.15, 0.2) is 0 Å². The summed E-state index contributed by atoms with van der Waals surface area (Å²) in [6.45, 7) is 2.16. The minimum atomic E-state index is 0.130. The Kier molecular flexibility index (Phi) is 5.37. The van der Waals surface area contributed by atoms with Gasteiger partial charge in [-0.05, 0) is 24.4 Å². The van der Waals surface area contributed by atoms with E-state index in [0.29, 0.717) is 18.3 Å². The third-order valence-electron chi connectivity index (χ3n) is 2.30. The van der Waals surface area contributed by atoms with Gasteiger partial charge in [-0.15, -0.1) is 0 Å². The molecule has 1 heterocycles. The van der Waals surface area contributed by atoms with Crippen molar-refractivity contribution >= 4 is 23.5 Å². The van der Waals surface area contributed by atoms with Crippen LogP contribution in [0.2, 0.25) is 5.28 Å². The van der Waals surface area contributed by atoms with Crippen LogP contribution >= 0.6 is 11.6 Å². The molecule has 0 aromatic carbocycles. The van der Waals surface area contributed by atoms with E-state index in [9.17, 15) is 0 Å². The van der Waals surface area contributed by atoms with E-state index in [1.807, 2.05) is 21.0 Å². The predicted octanol–water partition coefficient (Wildman–Crippen LogP) is 1.16. The van der Waals surface area contributed by atoms with Crippen LogP contribution in [0.4, 0.5) is 11.9 Å². The molecule has 0 aliphatic heterocycles. The fourth-order valence-corrected chi connectivity index (χ4v) is 1.48. The van der Waals surface area contributed by atoms with Gasteiger partial charge in [-0.1, -0.05) is 6.92 Å². The maximum Gasteiger partial charge on any atom is 0.230 e. The molecule has 1 rings (SSSR count). The Balaban J connectivity index is 2.82. The highest BCUT2D eigenvalue weighted by atomic mass is 35.5.